The fourth-order valence-electron chi connectivity index (χ4n) is 3.42. The summed E-state index contributed by atoms with van der Waals surface area (Å²) in [6.45, 7) is 0.257. The van der Waals surface area contributed by atoms with Crippen LogP contribution >= 0.6 is 11.3 Å². The number of fused-ring (bicyclic) bond motifs is 1. The number of nitrogens with one attached hydrogen (secondary N) is 1. The topological polar surface area (TPSA) is 90.0 Å². The monoisotopic (exact) mass is 427 g/mol. The van der Waals surface area contributed by atoms with E-state index in [-0.39, 0.29) is 24.8 Å². The fraction of sp³-hybridized carbons (Fsp3) is 0.286. The van der Waals surface area contributed by atoms with E-state index in [1.807, 2.05) is 18.2 Å². The van der Waals surface area contributed by atoms with Gasteiger partial charge in [-0.1, -0.05) is 11.3 Å². The van der Waals surface area contributed by atoms with Gasteiger partial charge >= 0.3 is 0 Å². The van der Waals surface area contributed by atoms with Crippen molar-refractivity contribution in [3.05, 3.63) is 36.4 Å². The molecule has 1 aliphatic heterocycles. The zero-order chi connectivity index (χ0) is 21.3. The average molecular weight is 427 g/mol. The van der Waals surface area contributed by atoms with Gasteiger partial charge in [-0.3, -0.25) is 9.59 Å². The molecule has 2 amide bonds. The third-order valence-corrected chi connectivity index (χ3v) is 5.93. The molecule has 1 aliphatic rings. The van der Waals surface area contributed by atoms with E-state index in [4.69, 9.17) is 14.2 Å². The first-order valence-electron chi connectivity index (χ1n) is 9.30. The van der Waals surface area contributed by atoms with Crippen LogP contribution in [0.1, 0.15) is 6.42 Å². The number of methoxy groups -OCH3 is 3. The van der Waals surface area contributed by atoms with Gasteiger partial charge in [-0.15, -0.1) is 0 Å². The van der Waals surface area contributed by atoms with Gasteiger partial charge in [-0.05, 0) is 30.3 Å². The Labute approximate surface area is 177 Å². The number of carbonyl (C=O) groups is 2. The molecule has 2 aromatic carbocycles. The highest BCUT2D eigenvalue weighted by Gasteiger charge is 2.36. The Bertz CT molecular complexity index is 1110. The van der Waals surface area contributed by atoms with Crippen molar-refractivity contribution in [3.63, 3.8) is 0 Å². The Morgan fingerprint density at radius 1 is 1.10 bits per heavy atom. The summed E-state index contributed by atoms with van der Waals surface area (Å²) in [4.78, 5) is 31.5. The van der Waals surface area contributed by atoms with Crippen LogP contribution in [0.4, 0.5) is 10.8 Å². The van der Waals surface area contributed by atoms with Gasteiger partial charge in [0.25, 0.3) is 0 Å². The standard InChI is InChI=1S/C21H21N3O5S/c1-27-13-5-7-17(29-3)16(9-13)24-11-12(8-19(24)25)20(26)23-21-22-15-6-4-14(28-2)10-18(15)30-21/h4-7,9-10,12H,8,11H2,1-3H3,(H,22,23,26)/t12-/m1/s1. The molecule has 2 heterocycles. The lowest BCUT2D eigenvalue weighted by atomic mass is 10.1. The number of hydrogen-bond donors (Lipinski definition) is 1. The van der Waals surface area contributed by atoms with Gasteiger partial charge in [-0.2, -0.15) is 0 Å². The van der Waals surface area contributed by atoms with Crippen molar-refractivity contribution >= 4 is 44.2 Å². The molecular weight excluding hydrogens is 406 g/mol. The number of hydrogen-bond acceptors (Lipinski definition) is 7. The number of rotatable bonds is 6. The Hall–Kier alpha value is -3.33. The number of benzene rings is 2. The molecule has 8 nitrogen and oxygen atoms in total. The summed E-state index contributed by atoms with van der Waals surface area (Å²) in [5.74, 6) is 1.01. The van der Waals surface area contributed by atoms with E-state index in [2.05, 4.69) is 10.3 Å². The van der Waals surface area contributed by atoms with E-state index in [1.54, 1.807) is 37.3 Å². The average Bonchev–Trinajstić information content (AvgIpc) is 3.35. The summed E-state index contributed by atoms with van der Waals surface area (Å²) in [7, 11) is 4.70. The summed E-state index contributed by atoms with van der Waals surface area (Å²) in [6.07, 6.45) is 0.116. The zero-order valence-corrected chi connectivity index (χ0v) is 17.6. The number of nitrogens with zero attached hydrogens (tertiary/aromatic N) is 2. The molecule has 3 aromatic rings. The number of thiazole rings is 1. The first kappa shape index (κ1) is 20.0. The lowest BCUT2D eigenvalue weighted by molar-refractivity contribution is -0.122. The SMILES string of the molecule is COc1ccc(OC)c(N2C[C@H](C(=O)Nc3nc4ccc(OC)cc4s3)CC2=O)c1. The van der Waals surface area contributed by atoms with Crippen LogP contribution in [0, 0.1) is 5.92 Å². The van der Waals surface area contributed by atoms with Crippen LogP contribution in [0.25, 0.3) is 10.2 Å². The molecule has 4 rings (SSSR count). The van der Waals surface area contributed by atoms with Gasteiger partial charge < -0.3 is 24.4 Å². The lowest BCUT2D eigenvalue weighted by Crippen LogP contribution is -2.28. The van der Waals surface area contributed by atoms with Crippen LogP contribution in [0.5, 0.6) is 17.2 Å². The molecule has 30 heavy (non-hydrogen) atoms. The largest absolute Gasteiger partial charge is 0.497 e. The van der Waals surface area contributed by atoms with Crippen LogP contribution in [-0.4, -0.2) is 44.7 Å². The highest BCUT2D eigenvalue weighted by atomic mass is 32.1. The molecule has 1 saturated heterocycles. The molecular formula is C21H21N3O5S. The number of amides is 2. The first-order chi connectivity index (χ1) is 14.5. The van der Waals surface area contributed by atoms with Crippen molar-refractivity contribution in [2.75, 3.05) is 38.1 Å². The van der Waals surface area contributed by atoms with Crippen LogP contribution in [0.15, 0.2) is 36.4 Å². The maximum atomic E-state index is 12.8. The van der Waals surface area contributed by atoms with Crippen molar-refractivity contribution in [2.24, 2.45) is 5.92 Å². The van der Waals surface area contributed by atoms with Gasteiger partial charge in [0.1, 0.15) is 17.2 Å². The number of anilines is 2. The van der Waals surface area contributed by atoms with Crippen molar-refractivity contribution in [1.29, 1.82) is 0 Å². The molecule has 0 bridgehead atoms. The fourth-order valence-corrected chi connectivity index (χ4v) is 4.31. The smallest absolute Gasteiger partial charge is 0.231 e. The van der Waals surface area contributed by atoms with Gasteiger partial charge in [0, 0.05) is 19.0 Å². The third-order valence-electron chi connectivity index (χ3n) is 5.00. The van der Waals surface area contributed by atoms with E-state index in [0.717, 1.165) is 16.0 Å². The Balaban J connectivity index is 1.51. The normalized spacial score (nSPS) is 16.0. The van der Waals surface area contributed by atoms with Crippen LogP contribution in [-0.2, 0) is 9.59 Å². The van der Waals surface area contributed by atoms with Crippen molar-refractivity contribution in [3.8, 4) is 17.2 Å². The molecule has 0 saturated carbocycles. The van der Waals surface area contributed by atoms with Crippen molar-refractivity contribution in [1.82, 2.24) is 4.98 Å². The molecule has 0 unspecified atom stereocenters. The summed E-state index contributed by atoms with van der Waals surface area (Å²) in [5.41, 5.74) is 1.37. The lowest BCUT2D eigenvalue weighted by Gasteiger charge is -2.20. The minimum absolute atomic E-state index is 0.116. The van der Waals surface area contributed by atoms with Crippen LogP contribution in [0.3, 0.4) is 0 Å². The first-order valence-corrected chi connectivity index (χ1v) is 10.1. The van der Waals surface area contributed by atoms with E-state index < -0.39 is 5.92 Å². The number of carbonyl (C=O) groups excluding carboxylic acids is 2. The predicted octanol–water partition coefficient (Wildman–Crippen LogP) is 3.31. The van der Waals surface area contributed by atoms with Crippen molar-refractivity contribution in [2.45, 2.75) is 6.42 Å². The molecule has 1 aromatic heterocycles. The number of aromatic nitrogens is 1. The molecule has 0 aliphatic carbocycles. The van der Waals surface area contributed by atoms with Crippen LogP contribution < -0.4 is 24.4 Å². The molecule has 0 radical (unpaired) electrons. The number of ether oxygens (including phenoxy) is 3. The summed E-state index contributed by atoms with van der Waals surface area (Å²) < 4.78 is 16.8. The summed E-state index contributed by atoms with van der Waals surface area (Å²) >= 11 is 1.36. The summed E-state index contributed by atoms with van der Waals surface area (Å²) in [6, 6.07) is 10.8. The Morgan fingerprint density at radius 3 is 2.57 bits per heavy atom. The van der Waals surface area contributed by atoms with Gasteiger partial charge in [-0.25, -0.2) is 4.98 Å². The minimum atomic E-state index is -0.491. The van der Waals surface area contributed by atoms with Gasteiger partial charge in [0.15, 0.2) is 5.13 Å². The van der Waals surface area contributed by atoms with E-state index in [9.17, 15) is 9.59 Å². The molecule has 9 heteroatoms. The van der Waals surface area contributed by atoms with E-state index in [0.29, 0.717) is 22.3 Å². The van der Waals surface area contributed by atoms with E-state index >= 15 is 0 Å². The second-order valence-electron chi connectivity index (χ2n) is 6.79. The maximum Gasteiger partial charge on any atom is 0.231 e. The second kappa shape index (κ2) is 8.19. The Kier molecular flexibility index (Phi) is 5.45. The maximum absolute atomic E-state index is 12.8. The highest BCUT2D eigenvalue weighted by Crippen LogP contribution is 2.36. The molecule has 1 fully saturated rings. The van der Waals surface area contributed by atoms with Crippen molar-refractivity contribution < 1.29 is 23.8 Å². The molecule has 1 atom stereocenters. The minimum Gasteiger partial charge on any atom is -0.497 e. The molecule has 0 spiro atoms. The van der Waals surface area contributed by atoms with Crippen LogP contribution in [0.2, 0.25) is 0 Å². The zero-order valence-electron chi connectivity index (χ0n) is 16.8. The van der Waals surface area contributed by atoms with Gasteiger partial charge in [0.2, 0.25) is 11.8 Å². The summed E-state index contributed by atoms with van der Waals surface area (Å²) in [5, 5.41) is 3.34. The third kappa shape index (κ3) is 3.76. The second-order valence-corrected chi connectivity index (χ2v) is 7.82. The van der Waals surface area contributed by atoms with Gasteiger partial charge in [0.05, 0.1) is 43.2 Å². The molecule has 156 valence electrons. The predicted molar refractivity (Wildman–Crippen MR) is 115 cm³/mol. The Morgan fingerprint density at radius 2 is 1.83 bits per heavy atom. The quantitative estimate of drug-likeness (QED) is 0.649. The highest BCUT2D eigenvalue weighted by molar-refractivity contribution is 7.22. The molecule has 1 N–H and O–H groups in total. The van der Waals surface area contributed by atoms with E-state index in [1.165, 1.54) is 18.4 Å².